The highest BCUT2D eigenvalue weighted by Crippen LogP contribution is 2.34. The number of rotatable bonds is 5. The van der Waals surface area contributed by atoms with Crippen molar-refractivity contribution in [1.29, 1.82) is 0 Å². The van der Waals surface area contributed by atoms with Crippen LogP contribution in [-0.2, 0) is 10.0 Å². The van der Waals surface area contributed by atoms with Gasteiger partial charge in [-0.05, 0) is 31.6 Å². The van der Waals surface area contributed by atoms with Crippen molar-refractivity contribution in [2.24, 2.45) is 17.6 Å². The highest BCUT2D eigenvalue weighted by atomic mass is 32.2. The van der Waals surface area contributed by atoms with Crippen molar-refractivity contribution in [2.75, 3.05) is 6.54 Å². The Bertz CT molecular complexity index is 316. The lowest BCUT2D eigenvalue weighted by molar-refractivity contribution is 0.368. The second-order valence-corrected chi connectivity index (χ2v) is 7.05. The van der Waals surface area contributed by atoms with Gasteiger partial charge in [-0.2, -0.15) is 0 Å². The second kappa shape index (κ2) is 5.47. The normalized spacial score (nSPS) is 32.9. The summed E-state index contributed by atoms with van der Waals surface area (Å²) >= 11 is 0. The van der Waals surface area contributed by atoms with E-state index in [-0.39, 0.29) is 12.6 Å². The molecular weight excluding hydrogens is 224 g/mol. The van der Waals surface area contributed by atoms with Gasteiger partial charge in [-0.1, -0.05) is 20.3 Å². The lowest BCUT2D eigenvalue weighted by Crippen LogP contribution is -2.44. The lowest BCUT2D eigenvalue weighted by Gasteiger charge is -2.22. The minimum Gasteiger partial charge on any atom is -0.329 e. The molecule has 1 saturated carbocycles. The topological polar surface area (TPSA) is 72.2 Å². The molecule has 3 N–H and O–H groups in total. The molecule has 5 heteroatoms. The van der Waals surface area contributed by atoms with E-state index < -0.39 is 15.3 Å². The van der Waals surface area contributed by atoms with Crippen molar-refractivity contribution in [1.82, 2.24) is 4.72 Å². The molecule has 1 aliphatic rings. The summed E-state index contributed by atoms with van der Waals surface area (Å²) in [6, 6.07) is 0.101. The summed E-state index contributed by atoms with van der Waals surface area (Å²) in [7, 11) is -3.23. The molecule has 0 aromatic carbocycles. The van der Waals surface area contributed by atoms with E-state index in [0.717, 1.165) is 19.3 Å². The zero-order chi connectivity index (χ0) is 12.3. The molecule has 0 amide bonds. The Morgan fingerprint density at radius 2 is 2.06 bits per heavy atom. The monoisotopic (exact) mass is 248 g/mol. The summed E-state index contributed by atoms with van der Waals surface area (Å²) in [5.41, 5.74) is 5.40. The predicted octanol–water partition coefficient (Wildman–Crippen LogP) is 1.08. The van der Waals surface area contributed by atoms with E-state index in [4.69, 9.17) is 5.73 Å². The molecule has 0 radical (unpaired) electrons. The third-order valence-electron chi connectivity index (χ3n) is 3.93. The Balaban J connectivity index is 2.62. The van der Waals surface area contributed by atoms with Crippen LogP contribution < -0.4 is 10.5 Å². The maximum atomic E-state index is 11.9. The van der Waals surface area contributed by atoms with E-state index in [2.05, 4.69) is 18.6 Å². The summed E-state index contributed by atoms with van der Waals surface area (Å²) in [6.07, 6.45) is 3.21. The van der Waals surface area contributed by atoms with Gasteiger partial charge in [-0.25, -0.2) is 13.1 Å². The van der Waals surface area contributed by atoms with Crippen LogP contribution in [0.1, 0.15) is 40.0 Å². The first-order valence-electron chi connectivity index (χ1n) is 6.13. The van der Waals surface area contributed by atoms with Gasteiger partial charge in [0.2, 0.25) is 10.0 Å². The molecule has 1 aliphatic carbocycles. The number of nitrogens with one attached hydrogen (secondary N) is 1. The van der Waals surface area contributed by atoms with E-state index in [9.17, 15) is 8.42 Å². The van der Waals surface area contributed by atoms with Gasteiger partial charge in [0.15, 0.2) is 0 Å². The first-order valence-corrected chi connectivity index (χ1v) is 7.68. The Labute approximate surface area is 99.0 Å². The third-order valence-corrected chi connectivity index (χ3v) is 5.81. The Morgan fingerprint density at radius 3 is 2.50 bits per heavy atom. The van der Waals surface area contributed by atoms with Crippen molar-refractivity contribution < 1.29 is 8.42 Å². The standard InChI is InChI=1S/C11H24N2O2S/c1-4-10-5-6-11(9(10)3)13-16(14,15)8(2)7-12/h8-11,13H,4-7,12H2,1-3H3. The van der Waals surface area contributed by atoms with Gasteiger partial charge in [0.05, 0.1) is 5.25 Å². The highest BCUT2D eigenvalue weighted by molar-refractivity contribution is 7.90. The van der Waals surface area contributed by atoms with Crippen LogP contribution in [-0.4, -0.2) is 26.3 Å². The summed E-state index contributed by atoms with van der Waals surface area (Å²) in [6.45, 7) is 6.13. The Hall–Kier alpha value is -0.130. The summed E-state index contributed by atoms with van der Waals surface area (Å²) in [5.74, 6) is 1.09. The minimum absolute atomic E-state index is 0.101. The zero-order valence-electron chi connectivity index (χ0n) is 10.4. The minimum atomic E-state index is -3.23. The molecule has 0 heterocycles. The summed E-state index contributed by atoms with van der Waals surface area (Å²) in [5, 5.41) is -0.500. The van der Waals surface area contributed by atoms with Gasteiger partial charge in [0.25, 0.3) is 0 Å². The van der Waals surface area contributed by atoms with Gasteiger partial charge in [0, 0.05) is 12.6 Å². The maximum absolute atomic E-state index is 11.9. The average molecular weight is 248 g/mol. The van der Waals surface area contributed by atoms with Crippen LogP contribution in [0, 0.1) is 11.8 Å². The molecule has 4 nitrogen and oxygen atoms in total. The smallest absolute Gasteiger partial charge is 0.215 e. The fraction of sp³-hybridized carbons (Fsp3) is 1.00. The van der Waals surface area contributed by atoms with Crippen molar-refractivity contribution >= 4 is 10.0 Å². The average Bonchev–Trinajstić information content (AvgIpc) is 2.58. The van der Waals surface area contributed by atoms with Gasteiger partial charge in [-0.15, -0.1) is 0 Å². The second-order valence-electron chi connectivity index (χ2n) is 4.92. The molecule has 1 rings (SSSR count). The number of sulfonamides is 1. The van der Waals surface area contributed by atoms with E-state index in [0.29, 0.717) is 11.8 Å². The van der Waals surface area contributed by atoms with Gasteiger partial charge in [0.1, 0.15) is 0 Å². The predicted molar refractivity (Wildman–Crippen MR) is 66.5 cm³/mol. The molecule has 0 aliphatic heterocycles. The lowest BCUT2D eigenvalue weighted by atomic mass is 9.94. The van der Waals surface area contributed by atoms with E-state index >= 15 is 0 Å². The van der Waals surface area contributed by atoms with Gasteiger partial charge >= 0.3 is 0 Å². The number of hydrogen-bond acceptors (Lipinski definition) is 3. The van der Waals surface area contributed by atoms with Crippen LogP contribution in [0.2, 0.25) is 0 Å². The quantitative estimate of drug-likeness (QED) is 0.764. The van der Waals surface area contributed by atoms with E-state index in [1.807, 2.05) is 0 Å². The van der Waals surface area contributed by atoms with E-state index in [1.54, 1.807) is 6.92 Å². The zero-order valence-corrected chi connectivity index (χ0v) is 11.3. The van der Waals surface area contributed by atoms with Crippen molar-refractivity contribution in [3.63, 3.8) is 0 Å². The molecule has 0 bridgehead atoms. The van der Waals surface area contributed by atoms with Crippen LogP contribution in [0.5, 0.6) is 0 Å². The molecular formula is C11H24N2O2S. The molecule has 16 heavy (non-hydrogen) atoms. The molecule has 96 valence electrons. The maximum Gasteiger partial charge on any atom is 0.215 e. The fourth-order valence-corrected chi connectivity index (χ4v) is 3.68. The van der Waals surface area contributed by atoms with Crippen LogP contribution >= 0.6 is 0 Å². The van der Waals surface area contributed by atoms with Crippen LogP contribution in [0.4, 0.5) is 0 Å². The molecule has 0 aromatic rings. The first kappa shape index (κ1) is 13.9. The molecule has 0 saturated heterocycles. The first-order chi connectivity index (χ1) is 7.42. The Morgan fingerprint density at radius 1 is 1.44 bits per heavy atom. The van der Waals surface area contributed by atoms with Crippen molar-refractivity contribution in [2.45, 2.75) is 51.3 Å². The van der Waals surface area contributed by atoms with Crippen LogP contribution in [0.25, 0.3) is 0 Å². The SMILES string of the molecule is CCC1CCC(NS(=O)(=O)C(C)CN)C1C. The number of hydrogen-bond donors (Lipinski definition) is 2. The van der Waals surface area contributed by atoms with Gasteiger partial charge in [-0.3, -0.25) is 0 Å². The summed E-state index contributed by atoms with van der Waals surface area (Å²) in [4.78, 5) is 0. The molecule has 0 aromatic heterocycles. The fourth-order valence-electron chi connectivity index (χ4n) is 2.44. The van der Waals surface area contributed by atoms with Crippen molar-refractivity contribution in [3.05, 3.63) is 0 Å². The largest absolute Gasteiger partial charge is 0.329 e. The van der Waals surface area contributed by atoms with Gasteiger partial charge < -0.3 is 5.73 Å². The molecule has 4 unspecified atom stereocenters. The van der Waals surface area contributed by atoms with Crippen LogP contribution in [0.15, 0.2) is 0 Å². The van der Waals surface area contributed by atoms with Crippen molar-refractivity contribution in [3.8, 4) is 0 Å². The Kier molecular flexibility index (Phi) is 4.76. The molecule has 4 atom stereocenters. The third kappa shape index (κ3) is 2.96. The molecule has 1 fully saturated rings. The molecule has 0 spiro atoms. The number of nitrogens with two attached hydrogens (primary N) is 1. The van der Waals surface area contributed by atoms with Crippen LogP contribution in [0.3, 0.4) is 0 Å². The van der Waals surface area contributed by atoms with E-state index in [1.165, 1.54) is 0 Å². The summed E-state index contributed by atoms with van der Waals surface area (Å²) < 4.78 is 26.5. The highest BCUT2D eigenvalue weighted by Gasteiger charge is 2.35.